The second-order valence-electron chi connectivity index (χ2n) is 3.91. The number of carbonyl (C=O) groups is 1. The van der Waals surface area contributed by atoms with E-state index in [1.54, 1.807) is 4.90 Å². The molecule has 1 rings (SSSR count). The molecule has 4 heteroatoms. The van der Waals surface area contributed by atoms with Gasteiger partial charge in [0.1, 0.15) is 0 Å². The summed E-state index contributed by atoms with van der Waals surface area (Å²) in [4.78, 5) is 12.6. The Balaban J connectivity index is 2.12. The van der Waals surface area contributed by atoms with Crippen LogP contribution >= 0.6 is 0 Å². The Morgan fingerprint density at radius 2 is 2.20 bits per heavy atom. The highest BCUT2D eigenvalue weighted by Crippen LogP contribution is 2.09. The fourth-order valence-corrected chi connectivity index (χ4v) is 1.84. The SMILES string of the molecule is C/C=C/CCNC1CCN(C(N)=O)CC1. The number of hydrogen-bond donors (Lipinski definition) is 2. The maximum absolute atomic E-state index is 10.9. The molecule has 1 heterocycles. The monoisotopic (exact) mass is 211 g/mol. The molecular weight excluding hydrogens is 190 g/mol. The van der Waals surface area contributed by atoms with E-state index < -0.39 is 0 Å². The van der Waals surface area contributed by atoms with E-state index in [1.807, 2.05) is 6.92 Å². The fourth-order valence-electron chi connectivity index (χ4n) is 1.84. The van der Waals surface area contributed by atoms with Gasteiger partial charge in [-0.05, 0) is 32.7 Å². The lowest BCUT2D eigenvalue weighted by molar-refractivity contribution is 0.185. The molecule has 3 N–H and O–H groups in total. The van der Waals surface area contributed by atoms with Crippen LogP contribution in [0.15, 0.2) is 12.2 Å². The number of nitrogens with two attached hydrogens (primary N) is 1. The average Bonchev–Trinajstić information content (AvgIpc) is 2.25. The van der Waals surface area contributed by atoms with E-state index in [2.05, 4.69) is 17.5 Å². The molecule has 1 aliphatic heterocycles. The van der Waals surface area contributed by atoms with Gasteiger partial charge in [0.05, 0.1) is 0 Å². The third-order valence-corrected chi connectivity index (χ3v) is 2.79. The van der Waals surface area contributed by atoms with Crippen molar-refractivity contribution in [3.63, 3.8) is 0 Å². The van der Waals surface area contributed by atoms with Gasteiger partial charge in [0.15, 0.2) is 0 Å². The first-order valence-electron chi connectivity index (χ1n) is 5.63. The number of piperidine rings is 1. The summed E-state index contributed by atoms with van der Waals surface area (Å²) in [5.41, 5.74) is 5.21. The number of nitrogens with zero attached hydrogens (tertiary/aromatic N) is 1. The van der Waals surface area contributed by atoms with E-state index >= 15 is 0 Å². The molecule has 1 fully saturated rings. The second kappa shape index (κ2) is 6.45. The molecular formula is C11H21N3O. The molecule has 0 bridgehead atoms. The van der Waals surface area contributed by atoms with Crippen molar-refractivity contribution in [2.45, 2.75) is 32.2 Å². The summed E-state index contributed by atoms with van der Waals surface area (Å²) in [6.45, 7) is 4.63. The Bertz CT molecular complexity index is 220. The minimum atomic E-state index is -0.289. The molecule has 0 radical (unpaired) electrons. The minimum absolute atomic E-state index is 0.289. The lowest BCUT2D eigenvalue weighted by atomic mass is 10.1. The van der Waals surface area contributed by atoms with Crippen LogP contribution in [0, 0.1) is 0 Å². The smallest absolute Gasteiger partial charge is 0.314 e. The summed E-state index contributed by atoms with van der Waals surface area (Å²) in [6, 6.07) is 0.258. The van der Waals surface area contributed by atoms with Crippen molar-refractivity contribution in [2.75, 3.05) is 19.6 Å². The zero-order valence-electron chi connectivity index (χ0n) is 9.41. The lowest BCUT2D eigenvalue weighted by Gasteiger charge is -2.31. The minimum Gasteiger partial charge on any atom is -0.351 e. The largest absolute Gasteiger partial charge is 0.351 e. The van der Waals surface area contributed by atoms with Crippen LogP contribution in [0.25, 0.3) is 0 Å². The molecule has 1 saturated heterocycles. The zero-order chi connectivity index (χ0) is 11.1. The molecule has 0 aromatic heterocycles. The molecule has 0 spiro atoms. The molecule has 86 valence electrons. The Kier molecular flexibility index (Phi) is 5.18. The van der Waals surface area contributed by atoms with Crippen molar-refractivity contribution < 1.29 is 4.79 Å². The predicted molar refractivity (Wildman–Crippen MR) is 61.6 cm³/mol. The van der Waals surface area contributed by atoms with Crippen LogP contribution in [-0.2, 0) is 0 Å². The summed E-state index contributed by atoms with van der Waals surface area (Å²) in [7, 11) is 0. The first-order chi connectivity index (χ1) is 7.24. The summed E-state index contributed by atoms with van der Waals surface area (Å²) in [5, 5.41) is 3.49. The van der Waals surface area contributed by atoms with Crippen LogP contribution in [0.5, 0.6) is 0 Å². The van der Waals surface area contributed by atoms with Crippen molar-refractivity contribution in [3.8, 4) is 0 Å². The van der Waals surface area contributed by atoms with Crippen LogP contribution in [-0.4, -0.2) is 36.6 Å². The van der Waals surface area contributed by atoms with Crippen molar-refractivity contribution in [3.05, 3.63) is 12.2 Å². The molecule has 0 aromatic carbocycles. The highest BCUT2D eigenvalue weighted by atomic mass is 16.2. The Hall–Kier alpha value is -1.03. The van der Waals surface area contributed by atoms with Gasteiger partial charge < -0.3 is 16.0 Å². The number of nitrogens with one attached hydrogen (secondary N) is 1. The molecule has 2 amide bonds. The number of primary amides is 1. The topological polar surface area (TPSA) is 58.4 Å². The average molecular weight is 211 g/mol. The summed E-state index contributed by atoms with van der Waals surface area (Å²) < 4.78 is 0. The van der Waals surface area contributed by atoms with Crippen LogP contribution in [0.3, 0.4) is 0 Å². The number of amides is 2. The number of likely N-dealkylation sites (tertiary alicyclic amines) is 1. The van der Waals surface area contributed by atoms with E-state index in [-0.39, 0.29) is 6.03 Å². The number of carbonyl (C=O) groups excluding carboxylic acids is 1. The van der Waals surface area contributed by atoms with E-state index in [0.717, 1.165) is 38.9 Å². The Labute approximate surface area is 91.5 Å². The van der Waals surface area contributed by atoms with Crippen molar-refractivity contribution in [1.82, 2.24) is 10.2 Å². The van der Waals surface area contributed by atoms with Crippen LogP contribution in [0.2, 0.25) is 0 Å². The fraction of sp³-hybridized carbons (Fsp3) is 0.727. The van der Waals surface area contributed by atoms with Gasteiger partial charge in [0.25, 0.3) is 0 Å². The van der Waals surface area contributed by atoms with Gasteiger partial charge in [-0.25, -0.2) is 4.79 Å². The van der Waals surface area contributed by atoms with Crippen molar-refractivity contribution in [1.29, 1.82) is 0 Å². The maximum atomic E-state index is 10.9. The summed E-state index contributed by atoms with van der Waals surface area (Å²) >= 11 is 0. The van der Waals surface area contributed by atoms with Crippen LogP contribution < -0.4 is 11.1 Å². The van der Waals surface area contributed by atoms with E-state index in [4.69, 9.17) is 5.73 Å². The third kappa shape index (κ3) is 4.34. The Morgan fingerprint density at radius 1 is 1.53 bits per heavy atom. The van der Waals surface area contributed by atoms with Gasteiger partial charge >= 0.3 is 6.03 Å². The highest BCUT2D eigenvalue weighted by molar-refractivity contribution is 5.72. The molecule has 0 saturated carbocycles. The zero-order valence-corrected chi connectivity index (χ0v) is 9.41. The van der Waals surface area contributed by atoms with Gasteiger partial charge in [-0.3, -0.25) is 0 Å². The molecule has 1 aliphatic rings. The van der Waals surface area contributed by atoms with Crippen molar-refractivity contribution >= 4 is 6.03 Å². The van der Waals surface area contributed by atoms with Gasteiger partial charge in [0.2, 0.25) is 0 Å². The highest BCUT2D eigenvalue weighted by Gasteiger charge is 2.20. The number of urea groups is 1. The number of rotatable bonds is 4. The van der Waals surface area contributed by atoms with E-state index in [0.29, 0.717) is 6.04 Å². The molecule has 4 nitrogen and oxygen atoms in total. The lowest BCUT2D eigenvalue weighted by Crippen LogP contribution is -2.46. The summed E-state index contributed by atoms with van der Waals surface area (Å²) in [5.74, 6) is 0. The molecule has 0 unspecified atom stereocenters. The summed E-state index contributed by atoms with van der Waals surface area (Å²) in [6.07, 6.45) is 7.33. The molecule has 15 heavy (non-hydrogen) atoms. The quantitative estimate of drug-likeness (QED) is 0.540. The first-order valence-corrected chi connectivity index (χ1v) is 5.63. The maximum Gasteiger partial charge on any atom is 0.314 e. The third-order valence-electron chi connectivity index (χ3n) is 2.79. The Morgan fingerprint density at radius 3 is 2.73 bits per heavy atom. The first kappa shape index (κ1) is 12.0. The van der Waals surface area contributed by atoms with Gasteiger partial charge in [-0.15, -0.1) is 0 Å². The van der Waals surface area contributed by atoms with Gasteiger partial charge in [-0.2, -0.15) is 0 Å². The molecule has 0 aliphatic carbocycles. The second-order valence-corrected chi connectivity index (χ2v) is 3.91. The van der Waals surface area contributed by atoms with Gasteiger partial charge in [-0.1, -0.05) is 12.2 Å². The van der Waals surface area contributed by atoms with Crippen molar-refractivity contribution in [2.24, 2.45) is 5.73 Å². The van der Waals surface area contributed by atoms with Crippen LogP contribution in [0.1, 0.15) is 26.2 Å². The van der Waals surface area contributed by atoms with E-state index in [1.165, 1.54) is 0 Å². The standard InChI is InChI=1S/C11H21N3O/c1-2-3-4-7-13-10-5-8-14(9-6-10)11(12)15/h2-3,10,13H,4-9H2,1H3,(H2,12,15)/b3-2+. The normalized spacial score (nSPS) is 18.6. The predicted octanol–water partition coefficient (Wildman–Crippen LogP) is 1.09. The molecule has 0 aromatic rings. The molecule has 0 atom stereocenters. The number of hydrogen-bond acceptors (Lipinski definition) is 2. The number of allylic oxidation sites excluding steroid dienone is 1. The van der Waals surface area contributed by atoms with Crippen LogP contribution in [0.4, 0.5) is 4.79 Å². The van der Waals surface area contributed by atoms with Gasteiger partial charge in [0, 0.05) is 19.1 Å². The van der Waals surface area contributed by atoms with E-state index in [9.17, 15) is 4.79 Å².